The second kappa shape index (κ2) is 6.93. The molecule has 0 amide bonds. The van der Waals surface area contributed by atoms with E-state index >= 15 is 0 Å². The first-order valence-corrected chi connectivity index (χ1v) is 8.78. The Morgan fingerprint density at radius 1 is 1.04 bits per heavy atom. The maximum absolute atomic E-state index is 6.38. The van der Waals surface area contributed by atoms with Gasteiger partial charge in [0.05, 0.1) is 30.8 Å². The fraction of sp³-hybridized carbons (Fsp3) is 0.316. The van der Waals surface area contributed by atoms with Crippen molar-refractivity contribution in [3.8, 4) is 0 Å². The van der Waals surface area contributed by atoms with Gasteiger partial charge in [0.15, 0.2) is 5.82 Å². The van der Waals surface area contributed by atoms with Crippen molar-refractivity contribution >= 4 is 22.6 Å². The van der Waals surface area contributed by atoms with Crippen molar-refractivity contribution in [1.82, 2.24) is 9.55 Å². The van der Waals surface area contributed by atoms with Crippen molar-refractivity contribution < 1.29 is 9.64 Å². The number of imidazole rings is 1. The number of hydrogen-bond acceptors (Lipinski definition) is 2. The number of nitrogens with zero attached hydrogens (tertiary/aromatic N) is 2. The van der Waals surface area contributed by atoms with Crippen LogP contribution >= 0.6 is 11.6 Å². The second-order valence-electron chi connectivity index (χ2n) is 6.23. The molecule has 1 aromatic heterocycles. The average molecular weight is 343 g/mol. The highest BCUT2D eigenvalue weighted by Gasteiger charge is 2.19. The summed E-state index contributed by atoms with van der Waals surface area (Å²) in [6, 6.07) is 16.4. The molecule has 1 N–H and O–H groups in total. The first-order valence-electron chi connectivity index (χ1n) is 8.40. The maximum Gasteiger partial charge on any atom is 0.165 e. The average Bonchev–Trinajstić information content (AvgIpc) is 2.95. The molecule has 0 aliphatic carbocycles. The molecule has 5 heteroatoms. The SMILES string of the molecule is Clc1ccccc1Cn1c(C[NH+]2CCOCC2)nc2ccccc21. The van der Waals surface area contributed by atoms with Crippen molar-refractivity contribution in [3.63, 3.8) is 0 Å². The van der Waals surface area contributed by atoms with E-state index in [9.17, 15) is 0 Å². The van der Waals surface area contributed by atoms with Crippen LogP contribution in [-0.2, 0) is 17.8 Å². The molecule has 0 bridgehead atoms. The molecule has 0 atom stereocenters. The molecule has 1 fully saturated rings. The van der Waals surface area contributed by atoms with E-state index in [0.717, 1.165) is 61.3 Å². The van der Waals surface area contributed by atoms with E-state index in [-0.39, 0.29) is 0 Å². The number of fused-ring (bicyclic) bond motifs is 1. The third kappa shape index (κ3) is 3.18. The van der Waals surface area contributed by atoms with Gasteiger partial charge in [0.25, 0.3) is 0 Å². The second-order valence-corrected chi connectivity index (χ2v) is 6.64. The van der Waals surface area contributed by atoms with E-state index in [2.05, 4.69) is 28.8 Å². The number of hydrogen-bond donors (Lipinski definition) is 1. The monoisotopic (exact) mass is 342 g/mol. The molecule has 1 saturated heterocycles. The standard InChI is InChI=1S/C19H20ClN3O/c20-16-6-2-1-5-15(16)13-23-18-8-4-3-7-17(18)21-19(23)14-22-9-11-24-12-10-22/h1-8H,9-14H2/p+1. The highest BCUT2D eigenvalue weighted by Crippen LogP contribution is 2.21. The van der Waals surface area contributed by atoms with Gasteiger partial charge in [-0.05, 0) is 23.8 Å². The Kier molecular flexibility index (Phi) is 4.52. The van der Waals surface area contributed by atoms with Gasteiger partial charge in [-0.25, -0.2) is 4.98 Å². The minimum absolute atomic E-state index is 0.749. The summed E-state index contributed by atoms with van der Waals surface area (Å²) in [4.78, 5) is 6.42. The van der Waals surface area contributed by atoms with Crippen LogP contribution in [-0.4, -0.2) is 35.9 Å². The minimum atomic E-state index is 0.749. The molecule has 0 radical (unpaired) electrons. The summed E-state index contributed by atoms with van der Waals surface area (Å²) in [5, 5.41) is 0.806. The molecule has 24 heavy (non-hydrogen) atoms. The number of halogens is 1. The summed E-state index contributed by atoms with van der Waals surface area (Å²) in [6.45, 7) is 5.41. The third-order valence-electron chi connectivity index (χ3n) is 4.63. The van der Waals surface area contributed by atoms with Crippen LogP contribution in [0.3, 0.4) is 0 Å². The summed E-state index contributed by atoms with van der Waals surface area (Å²) in [5.74, 6) is 1.12. The lowest BCUT2D eigenvalue weighted by molar-refractivity contribution is -0.922. The van der Waals surface area contributed by atoms with E-state index in [4.69, 9.17) is 21.3 Å². The van der Waals surface area contributed by atoms with Crippen LogP contribution in [0.1, 0.15) is 11.4 Å². The highest BCUT2D eigenvalue weighted by molar-refractivity contribution is 6.31. The number of benzene rings is 2. The molecular formula is C19H21ClN3O+. The van der Waals surface area contributed by atoms with Gasteiger partial charge in [0.1, 0.15) is 19.6 Å². The Balaban J connectivity index is 1.71. The molecule has 3 aromatic rings. The Hall–Kier alpha value is -1.88. The van der Waals surface area contributed by atoms with Crippen molar-refractivity contribution in [2.75, 3.05) is 26.3 Å². The lowest BCUT2D eigenvalue weighted by Gasteiger charge is -2.23. The normalized spacial score (nSPS) is 15.9. The predicted octanol–water partition coefficient (Wildman–Crippen LogP) is 2.15. The van der Waals surface area contributed by atoms with Crippen LogP contribution in [0.15, 0.2) is 48.5 Å². The number of nitrogens with one attached hydrogen (secondary N) is 1. The van der Waals surface area contributed by atoms with Gasteiger partial charge >= 0.3 is 0 Å². The Bertz CT molecular complexity index is 839. The lowest BCUT2D eigenvalue weighted by atomic mass is 10.2. The van der Waals surface area contributed by atoms with Crippen molar-refractivity contribution in [1.29, 1.82) is 0 Å². The molecule has 4 rings (SSSR count). The topological polar surface area (TPSA) is 31.5 Å². The van der Waals surface area contributed by atoms with E-state index in [1.54, 1.807) is 0 Å². The van der Waals surface area contributed by atoms with Gasteiger partial charge < -0.3 is 14.2 Å². The first kappa shape index (κ1) is 15.6. The quantitative estimate of drug-likeness (QED) is 0.788. The van der Waals surface area contributed by atoms with Gasteiger partial charge in [-0.3, -0.25) is 0 Å². The van der Waals surface area contributed by atoms with Crippen LogP contribution in [0, 0.1) is 0 Å². The number of morpholine rings is 1. The van der Waals surface area contributed by atoms with Crippen LogP contribution < -0.4 is 4.90 Å². The zero-order chi connectivity index (χ0) is 16.4. The Labute approximate surface area is 146 Å². The number of quaternary nitrogens is 1. The van der Waals surface area contributed by atoms with Gasteiger partial charge in [0.2, 0.25) is 0 Å². The van der Waals surface area contributed by atoms with Gasteiger partial charge in [-0.1, -0.05) is 41.9 Å². The van der Waals surface area contributed by atoms with Gasteiger partial charge in [-0.15, -0.1) is 0 Å². The highest BCUT2D eigenvalue weighted by atomic mass is 35.5. The molecule has 0 saturated carbocycles. The van der Waals surface area contributed by atoms with E-state index in [1.165, 1.54) is 10.4 Å². The Morgan fingerprint density at radius 2 is 1.79 bits per heavy atom. The van der Waals surface area contributed by atoms with Crippen LogP contribution in [0.4, 0.5) is 0 Å². The van der Waals surface area contributed by atoms with Crippen molar-refractivity contribution in [2.45, 2.75) is 13.1 Å². The predicted molar refractivity (Wildman–Crippen MR) is 95.5 cm³/mol. The molecule has 0 spiro atoms. The Morgan fingerprint density at radius 3 is 2.62 bits per heavy atom. The maximum atomic E-state index is 6.38. The third-order valence-corrected chi connectivity index (χ3v) is 5.00. The van der Waals surface area contributed by atoms with Gasteiger partial charge in [-0.2, -0.15) is 0 Å². The summed E-state index contributed by atoms with van der Waals surface area (Å²) in [6.07, 6.45) is 0. The van der Waals surface area contributed by atoms with E-state index in [0.29, 0.717) is 0 Å². The number of aromatic nitrogens is 2. The summed E-state index contributed by atoms with van der Waals surface area (Å²) in [7, 11) is 0. The number of rotatable bonds is 4. The summed E-state index contributed by atoms with van der Waals surface area (Å²) in [5.41, 5.74) is 3.34. The molecule has 4 nitrogen and oxygen atoms in total. The van der Waals surface area contributed by atoms with Crippen LogP contribution in [0.5, 0.6) is 0 Å². The lowest BCUT2D eigenvalue weighted by Crippen LogP contribution is -3.12. The number of para-hydroxylation sites is 2. The van der Waals surface area contributed by atoms with Gasteiger partial charge in [0, 0.05) is 5.02 Å². The van der Waals surface area contributed by atoms with Crippen molar-refractivity contribution in [3.05, 3.63) is 64.9 Å². The van der Waals surface area contributed by atoms with E-state index in [1.807, 2.05) is 24.3 Å². The molecular weight excluding hydrogens is 322 g/mol. The number of ether oxygens (including phenoxy) is 1. The molecule has 2 heterocycles. The fourth-order valence-electron chi connectivity index (χ4n) is 3.29. The largest absolute Gasteiger partial charge is 0.370 e. The minimum Gasteiger partial charge on any atom is -0.370 e. The van der Waals surface area contributed by atoms with Crippen LogP contribution in [0.2, 0.25) is 5.02 Å². The fourth-order valence-corrected chi connectivity index (χ4v) is 3.49. The molecule has 1 aliphatic rings. The molecule has 124 valence electrons. The first-order chi connectivity index (χ1) is 11.8. The van der Waals surface area contributed by atoms with E-state index < -0.39 is 0 Å². The molecule has 0 unspecified atom stereocenters. The van der Waals surface area contributed by atoms with Crippen LogP contribution in [0.25, 0.3) is 11.0 Å². The summed E-state index contributed by atoms with van der Waals surface area (Å²) >= 11 is 6.38. The smallest absolute Gasteiger partial charge is 0.165 e. The molecule has 1 aliphatic heterocycles. The zero-order valence-corrected chi connectivity index (χ0v) is 14.3. The molecule has 2 aromatic carbocycles. The summed E-state index contributed by atoms with van der Waals surface area (Å²) < 4.78 is 7.78. The zero-order valence-electron chi connectivity index (χ0n) is 13.5. The van der Waals surface area contributed by atoms with Crippen molar-refractivity contribution in [2.24, 2.45) is 0 Å².